The van der Waals surface area contributed by atoms with Crippen molar-refractivity contribution in [3.8, 4) is 5.75 Å². The normalized spacial score (nSPS) is 10.3. The summed E-state index contributed by atoms with van der Waals surface area (Å²) in [6, 6.07) is 13.5. The molecule has 2 aromatic carbocycles. The molecule has 0 N–H and O–H groups in total. The molecule has 0 heterocycles. The lowest BCUT2D eigenvalue weighted by Crippen LogP contribution is -2.13. The average molecular weight is 254 g/mol. The van der Waals surface area contributed by atoms with E-state index in [-0.39, 0.29) is 12.4 Å². The zero-order valence-electron chi connectivity index (χ0n) is 11.6. The zero-order chi connectivity index (χ0) is 13.8. The van der Waals surface area contributed by atoms with Crippen molar-refractivity contribution in [2.75, 3.05) is 6.61 Å². The van der Waals surface area contributed by atoms with E-state index in [1.54, 1.807) is 0 Å². The summed E-state index contributed by atoms with van der Waals surface area (Å²) in [4.78, 5) is 12.1. The Hall–Kier alpha value is -2.09. The predicted molar refractivity (Wildman–Crippen MR) is 76.9 cm³/mol. The van der Waals surface area contributed by atoms with Gasteiger partial charge in [0.05, 0.1) is 0 Å². The summed E-state index contributed by atoms with van der Waals surface area (Å²) in [6.07, 6.45) is 0. The largest absolute Gasteiger partial charge is 0.485 e. The van der Waals surface area contributed by atoms with Gasteiger partial charge in [-0.1, -0.05) is 42.0 Å². The van der Waals surface area contributed by atoms with Crippen molar-refractivity contribution in [3.05, 3.63) is 64.7 Å². The van der Waals surface area contributed by atoms with E-state index >= 15 is 0 Å². The summed E-state index contributed by atoms with van der Waals surface area (Å²) in [6.45, 7) is 6.02. The van der Waals surface area contributed by atoms with Crippen LogP contribution in [0.25, 0.3) is 0 Å². The Morgan fingerprint density at radius 3 is 2.42 bits per heavy atom. The SMILES string of the molecule is Cc1ccc(C(=O)COc2ccccc2C)c(C)c1. The number of carbonyl (C=O) groups is 1. The fraction of sp³-hybridized carbons (Fsp3) is 0.235. The summed E-state index contributed by atoms with van der Waals surface area (Å²) in [5.41, 5.74) is 3.93. The summed E-state index contributed by atoms with van der Waals surface area (Å²) in [7, 11) is 0. The van der Waals surface area contributed by atoms with Crippen LogP contribution in [0.5, 0.6) is 5.75 Å². The second-order valence-corrected chi connectivity index (χ2v) is 4.80. The highest BCUT2D eigenvalue weighted by molar-refractivity contribution is 5.98. The Labute approximate surface area is 114 Å². The van der Waals surface area contributed by atoms with Crippen molar-refractivity contribution in [3.63, 3.8) is 0 Å². The number of benzene rings is 2. The van der Waals surface area contributed by atoms with Crippen LogP contribution in [0, 0.1) is 20.8 Å². The number of ketones is 1. The molecule has 0 aromatic heterocycles. The summed E-state index contributed by atoms with van der Waals surface area (Å²) < 4.78 is 5.59. The smallest absolute Gasteiger partial charge is 0.200 e. The van der Waals surface area contributed by atoms with Gasteiger partial charge in [-0.05, 0) is 38.0 Å². The molecule has 2 rings (SSSR count). The minimum absolute atomic E-state index is 0.0146. The van der Waals surface area contributed by atoms with E-state index in [1.807, 2.05) is 63.2 Å². The molecule has 2 nitrogen and oxygen atoms in total. The van der Waals surface area contributed by atoms with Gasteiger partial charge in [-0.25, -0.2) is 0 Å². The third kappa shape index (κ3) is 3.22. The topological polar surface area (TPSA) is 26.3 Å². The van der Waals surface area contributed by atoms with Crippen molar-refractivity contribution in [1.82, 2.24) is 0 Å². The molecule has 0 bridgehead atoms. The molecule has 0 amide bonds. The molecule has 0 aliphatic carbocycles. The van der Waals surface area contributed by atoms with Crippen LogP contribution in [0.1, 0.15) is 27.0 Å². The molecule has 0 spiro atoms. The lowest BCUT2D eigenvalue weighted by Gasteiger charge is -2.09. The summed E-state index contributed by atoms with van der Waals surface area (Å²) in [5.74, 6) is 0.779. The molecule has 0 aliphatic heterocycles. The highest BCUT2D eigenvalue weighted by Crippen LogP contribution is 2.17. The summed E-state index contributed by atoms with van der Waals surface area (Å²) >= 11 is 0. The monoisotopic (exact) mass is 254 g/mol. The molecule has 2 heteroatoms. The van der Waals surface area contributed by atoms with Crippen LogP contribution in [0.2, 0.25) is 0 Å². The van der Waals surface area contributed by atoms with Gasteiger partial charge in [0.1, 0.15) is 5.75 Å². The van der Waals surface area contributed by atoms with E-state index in [0.717, 1.165) is 28.0 Å². The number of hydrogen-bond acceptors (Lipinski definition) is 2. The van der Waals surface area contributed by atoms with Crippen LogP contribution in [-0.4, -0.2) is 12.4 Å². The van der Waals surface area contributed by atoms with Crippen LogP contribution in [-0.2, 0) is 0 Å². The molecule has 2 aromatic rings. The van der Waals surface area contributed by atoms with Gasteiger partial charge in [-0.2, -0.15) is 0 Å². The van der Waals surface area contributed by atoms with Crippen molar-refractivity contribution >= 4 is 5.78 Å². The van der Waals surface area contributed by atoms with E-state index in [1.165, 1.54) is 0 Å². The first kappa shape index (κ1) is 13.3. The predicted octanol–water partition coefficient (Wildman–Crippen LogP) is 3.87. The third-order valence-electron chi connectivity index (χ3n) is 3.13. The molecular formula is C17H18O2. The van der Waals surface area contributed by atoms with Crippen molar-refractivity contribution in [2.24, 2.45) is 0 Å². The van der Waals surface area contributed by atoms with Crippen LogP contribution in [0.15, 0.2) is 42.5 Å². The molecule has 0 atom stereocenters. The lowest BCUT2D eigenvalue weighted by molar-refractivity contribution is 0.0920. The lowest BCUT2D eigenvalue weighted by atomic mass is 10.0. The molecule has 0 unspecified atom stereocenters. The number of rotatable bonds is 4. The number of aryl methyl sites for hydroxylation is 3. The highest BCUT2D eigenvalue weighted by Gasteiger charge is 2.10. The molecule has 0 saturated heterocycles. The Balaban J connectivity index is 2.08. The van der Waals surface area contributed by atoms with Crippen LogP contribution in [0.3, 0.4) is 0 Å². The molecule has 0 fully saturated rings. The van der Waals surface area contributed by atoms with Gasteiger partial charge in [0.2, 0.25) is 0 Å². The van der Waals surface area contributed by atoms with Gasteiger partial charge < -0.3 is 4.74 Å². The minimum Gasteiger partial charge on any atom is -0.485 e. The number of carbonyl (C=O) groups excluding carboxylic acids is 1. The first-order valence-corrected chi connectivity index (χ1v) is 6.37. The molecule has 98 valence electrons. The van der Waals surface area contributed by atoms with Gasteiger partial charge in [0.25, 0.3) is 0 Å². The highest BCUT2D eigenvalue weighted by atomic mass is 16.5. The van der Waals surface area contributed by atoms with Gasteiger partial charge in [0, 0.05) is 5.56 Å². The number of Topliss-reactive ketones (excluding diaryl/α,β-unsaturated/α-hetero) is 1. The van der Waals surface area contributed by atoms with Gasteiger partial charge in [0.15, 0.2) is 12.4 Å². The van der Waals surface area contributed by atoms with Gasteiger partial charge in [-0.15, -0.1) is 0 Å². The Morgan fingerprint density at radius 2 is 1.74 bits per heavy atom. The van der Waals surface area contributed by atoms with Crippen LogP contribution in [0.4, 0.5) is 0 Å². The number of para-hydroxylation sites is 1. The maximum atomic E-state index is 12.1. The molecule has 0 aliphatic rings. The molecular weight excluding hydrogens is 236 g/mol. The van der Waals surface area contributed by atoms with Crippen LogP contribution >= 0.6 is 0 Å². The maximum Gasteiger partial charge on any atom is 0.200 e. The van der Waals surface area contributed by atoms with Crippen molar-refractivity contribution in [2.45, 2.75) is 20.8 Å². The first-order valence-electron chi connectivity index (χ1n) is 6.37. The second kappa shape index (κ2) is 5.70. The van der Waals surface area contributed by atoms with Gasteiger partial charge in [-0.3, -0.25) is 4.79 Å². The number of hydrogen-bond donors (Lipinski definition) is 0. The van der Waals surface area contributed by atoms with E-state index < -0.39 is 0 Å². The van der Waals surface area contributed by atoms with Crippen LogP contribution < -0.4 is 4.74 Å². The van der Waals surface area contributed by atoms with E-state index in [0.29, 0.717) is 0 Å². The number of ether oxygens (including phenoxy) is 1. The van der Waals surface area contributed by atoms with E-state index in [2.05, 4.69) is 0 Å². The first-order chi connectivity index (χ1) is 9.08. The average Bonchev–Trinajstić information content (AvgIpc) is 2.37. The van der Waals surface area contributed by atoms with Crippen molar-refractivity contribution < 1.29 is 9.53 Å². The van der Waals surface area contributed by atoms with E-state index in [9.17, 15) is 4.79 Å². The fourth-order valence-electron chi connectivity index (χ4n) is 2.07. The van der Waals surface area contributed by atoms with Gasteiger partial charge >= 0.3 is 0 Å². The zero-order valence-corrected chi connectivity index (χ0v) is 11.6. The summed E-state index contributed by atoms with van der Waals surface area (Å²) in [5, 5.41) is 0. The minimum atomic E-state index is 0.0146. The maximum absolute atomic E-state index is 12.1. The Bertz CT molecular complexity index is 600. The standard InChI is InChI=1S/C17H18O2/c1-12-8-9-15(14(3)10-12)16(18)11-19-17-7-5-4-6-13(17)2/h4-10H,11H2,1-3H3. The van der Waals surface area contributed by atoms with Crippen molar-refractivity contribution in [1.29, 1.82) is 0 Å². The third-order valence-corrected chi connectivity index (χ3v) is 3.13. The molecule has 19 heavy (non-hydrogen) atoms. The Morgan fingerprint density at radius 1 is 1.00 bits per heavy atom. The Kier molecular flexibility index (Phi) is 4.00. The second-order valence-electron chi connectivity index (χ2n) is 4.80. The quantitative estimate of drug-likeness (QED) is 0.774. The fourth-order valence-corrected chi connectivity index (χ4v) is 2.07. The molecule has 0 saturated carbocycles. The molecule has 0 radical (unpaired) electrons. The van der Waals surface area contributed by atoms with E-state index in [4.69, 9.17) is 4.74 Å².